The first-order chi connectivity index (χ1) is 22.9. The fourth-order valence-electron chi connectivity index (χ4n) is 5.86. The molecule has 1 fully saturated rings. The lowest BCUT2D eigenvalue weighted by atomic mass is 9.78. The number of halogens is 1. The van der Waals surface area contributed by atoms with Crippen LogP contribution >= 0.6 is 0 Å². The second-order valence-corrected chi connectivity index (χ2v) is 13.5. The maximum atomic E-state index is 14.9. The highest BCUT2D eigenvalue weighted by Crippen LogP contribution is 2.41. The summed E-state index contributed by atoms with van der Waals surface area (Å²) >= 11 is 0. The van der Waals surface area contributed by atoms with E-state index in [0.29, 0.717) is 11.3 Å². The quantitative estimate of drug-likeness (QED) is 0.127. The number of terminal acetylenes is 1. The standard InChI is InChI=1S/C35H42FN5O8/c1-11-35(16-46-31(44)18(2)3)24(48-32(45)19(4)5)14-26(49-35)41-17-37-28-29(39-33(36)40-30(28)41)38-25(43)15-34(9,10)27-21(7)12-20(6)13-23(27)47-22(8)42/h1,12-13,17-19,24,26H,14-16H2,2-10H3,(H,38,39,40,43)/t24-,26+,35+/m0/s1. The number of esters is 3. The van der Waals surface area contributed by atoms with Crippen LogP contribution in [0.2, 0.25) is 0 Å². The van der Waals surface area contributed by atoms with Crippen molar-refractivity contribution in [1.29, 1.82) is 0 Å². The van der Waals surface area contributed by atoms with Crippen LogP contribution in [0.3, 0.4) is 0 Å². The summed E-state index contributed by atoms with van der Waals surface area (Å²) in [7, 11) is 0. The molecule has 1 aliphatic rings. The zero-order valence-electron chi connectivity index (χ0n) is 29.2. The third-order valence-electron chi connectivity index (χ3n) is 8.10. The van der Waals surface area contributed by atoms with Gasteiger partial charge in [-0.3, -0.25) is 23.7 Å². The lowest BCUT2D eigenvalue weighted by molar-refractivity contribution is -0.170. The van der Waals surface area contributed by atoms with Gasteiger partial charge in [0, 0.05) is 30.7 Å². The lowest BCUT2D eigenvalue weighted by Gasteiger charge is -2.29. The third kappa shape index (κ3) is 8.05. The second-order valence-electron chi connectivity index (χ2n) is 13.5. The van der Waals surface area contributed by atoms with Crippen LogP contribution in [0.5, 0.6) is 5.75 Å². The van der Waals surface area contributed by atoms with Crippen molar-refractivity contribution in [3.63, 3.8) is 0 Å². The molecule has 262 valence electrons. The van der Waals surface area contributed by atoms with E-state index >= 15 is 0 Å². The number of nitrogens with zero attached hydrogens (tertiary/aromatic N) is 4. The van der Waals surface area contributed by atoms with E-state index < -0.39 is 71.7 Å². The van der Waals surface area contributed by atoms with E-state index in [9.17, 15) is 23.6 Å². The smallest absolute Gasteiger partial charge is 0.312 e. The van der Waals surface area contributed by atoms with Crippen LogP contribution in [0.1, 0.15) is 84.2 Å². The van der Waals surface area contributed by atoms with Crippen molar-refractivity contribution in [3.05, 3.63) is 41.2 Å². The van der Waals surface area contributed by atoms with Crippen LogP contribution in [0, 0.1) is 44.1 Å². The van der Waals surface area contributed by atoms with Gasteiger partial charge in [-0.1, -0.05) is 53.5 Å². The van der Waals surface area contributed by atoms with Crippen LogP contribution in [0.4, 0.5) is 10.2 Å². The van der Waals surface area contributed by atoms with Crippen LogP contribution in [-0.2, 0) is 38.8 Å². The molecule has 49 heavy (non-hydrogen) atoms. The highest BCUT2D eigenvalue weighted by molar-refractivity contribution is 5.97. The molecule has 0 bridgehead atoms. The summed E-state index contributed by atoms with van der Waals surface area (Å²) in [6, 6.07) is 3.67. The first-order valence-corrected chi connectivity index (χ1v) is 15.9. The van der Waals surface area contributed by atoms with Gasteiger partial charge in [-0.15, -0.1) is 6.42 Å². The minimum absolute atomic E-state index is 0.00454. The summed E-state index contributed by atoms with van der Waals surface area (Å²) in [6.45, 7) is 14.9. The Kier molecular flexibility index (Phi) is 10.8. The number of ether oxygens (including phenoxy) is 4. The molecule has 3 heterocycles. The Hall–Kier alpha value is -4.90. The van der Waals surface area contributed by atoms with Gasteiger partial charge in [-0.25, -0.2) is 4.98 Å². The molecule has 1 amide bonds. The largest absolute Gasteiger partial charge is 0.461 e. The summed E-state index contributed by atoms with van der Waals surface area (Å²) in [5, 5.41) is 2.65. The number of hydrogen-bond acceptors (Lipinski definition) is 11. The summed E-state index contributed by atoms with van der Waals surface area (Å²) < 4.78 is 39.2. The Balaban J connectivity index is 1.64. The van der Waals surface area contributed by atoms with E-state index in [1.54, 1.807) is 33.8 Å². The number of amides is 1. The summed E-state index contributed by atoms with van der Waals surface area (Å²) in [4.78, 5) is 62.3. The number of anilines is 1. The zero-order chi connectivity index (χ0) is 36.4. The van der Waals surface area contributed by atoms with Crippen LogP contribution in [-0.4, -0.2) is 61.6 Å². The SMILES string of the molecule is C#C[C@]1(COC(=O)C(C)C)O[C@@H](n2cnc3c(NC(=O)CC(C)(C)c4c(C)cc(C)cc4OC(C)=O)nc(F)nc32)C[C@@H]1OC(=O)C(C)C. The number of carbonyl (C=O) groups excluding carboxylic acids is 4. The van der Waals surface area contributed by atoms with Crippen LogP contribution < -0.4 is 10.1 Å². The van der Waals surface area contributed by atoms with E-state index in [4.69, 9.17) is 25.4 Å². The normalized spacial score (nSPS) is 19.2. The van der Waals surface area contributed by atoms with Crippen molar-refractivity contribution in [2.45, 2.75) is 98.5 Å². The second kappa shape index (κ2) is 14.3. The minimum Gasteiger partial charge on any atom is -0.461 e. The number of aryl methyl sites for hydroxylation is 2. The Morgan fingerprint density at radius 3 is 2.43 bits per heavy atom. The van der Waals surface area contributed by atoms with Crippen molar-refractivity contribution in [2.24, 2.45) is 11.8 Å². The predicted octanol–water partition coefficient (Wildman–Crippen LogP) is 4.87. The molecule has 2 aromatic heterocycles. The topological polar surface area (TPSA) is 161 Å². The number of aromatic nitrogens is 4. The summed E-state index contributed by atoms with van der Waals surface area (Å²) in [5.41, 5.74) is -0.0621. The molecule has 3 aromatic rings. The molecule has 0 aliphatic carbocycles. The van der Waals surface area contributed by atoms with E-state index in [1.807, 2.05) is 33.8 Å². The first-order valence-electron chi connectivity index (χ1n) is 15.9. The van der Waals surface area contributed by atoms with Crippen molar-refractivity contribution in [3.8, 4) is 18.1 Å². The Bertz CT molecular complexity index is 1830. The maximum Gasteiger partial charge on any atom is 0.312 e. The van der Waals surface area contributed by atoms with Gasteiger partial charge < -0.3 is 24.3 Å². The Morgan fingerprint density at radius 2 is 1.82 bits per heavy atom. The predicted molar refractivity (Wildman–Crippen MR) is 176 cm³/mol. The number of rotatable bonds is 11. The molecule has 0 radical (unpaired) electrons. The molecule has 0 unspecified atom stereocenters. The zero-order valence-corrected chi connectivity index (χ0v) is 29.2. The van der Waals surface area contributed by atoms with Gasteiger partial charge in [0.05, 0.1) is 18.2 Å². The van der Waals surface area contributed by atoms with Crippen molar-refractivity contribution in [1.82, 2.24) is 19.5 Å². The number of hydrogen-bond donors (Lipinski definition) is 1. The van der Waals surface area contributed by atoms with Crippen molar-refractivity contribution < 1.29 is 42.5 Å². The molecule has 0 spiro atoms. The summed E-state index contributed by atoms with van der Waals surface area (Å²) in [5.74, 6) is -0.318. The average Bonchev–Trinajstić information content (AvgIpc) is 3.56. The summed E-state index contributed by atoms with van der Waals surface area (Å²) in [6.07, 6.45) is 3.96. The molecule has 3 atom stereocenters. The molecule has 0 saturated carbocycles. The van der Waals surface area contributed by atoms with Crippen molar-refractivity contribution in [2.75, 3.05) is 11.9 Å². The highest BCUT2D eigenvalue weighted by Gasteiger charge is 2.52. The fourth-order valence-corrected chi connectivity index (χ4v) is 5.86. The van der Waals surface area contributed by atoms with Gasteiger partial charge in [-0.05, 0) is 31.0 Å². The lowest BCUT2D eigenvalue weighted by Crippen LogP contribution is -2.46. The molecule has 1 aliphatic heterocycles. The van der Waals surface area contributed by atoms with E-state index in [2.05, 4.69) is 26.2 Å². The van der Waals surface area contributed by atoms with Crippen molar-refractivity contribution >= 4 is 40.8 Å². The number of imidazole rings is 1. The van der Waals surface area contributed by atoms with Gasteiger partial charge >= 0.3 is 24.0 Å². The number of carbonyl (C=O) groups is 4. The van der Waals surface area contributed by atoms with Crippen LogP contribution in [0.25, 0.3) is 11.2 Å². The van der Waals surface area contributed by atoms with Crippen LogP contribution in [0.15, 0.2) is 18.5 Å². The third-order valence-corrected chi connectivity index (χ3v) is 8.10. The van der Waals surface area contributed by atoms with E-state index in [-0.39, 0.29) is 29.8 Å². The fraction of sp³-hybridized carbons (Fsp3) is 0.514. The van der Waals surface area contributed by atoms with Gasteiger partial charge in [0.2, 0.25) is 11.5 Å². The minimum atomic E-state index is -1.66. The van der Waals surface area contributed by atoms with Gasteiger partial charge in [0.1, 0.15) is 24.7 Å². The number of fused-ring (bicyclic) bond motifs is 1. The van der Waals surface area contributed by atoms with E-state index in [0.717, 1.165) is 11.1 Å². The van der Waals surface area contributed by atoms with Gasteiger partial charge in [-0.2, -0.15) is 14.4 Å². The molecule has 1 aromatic carbocycles. The monoisotopic (exact) mass is 679 g/mol. The molecule has 1 saturated heterocycles. The molecular weight excluding hydrogens is 637 g/mol. The van der Waals surface area contributed by atoms with Gasteiger partial charge in [0.15, 0.2) is 17.0 Å². The Morgan fingerprint density at radius 1 is 1.14 bits per heavy atom. The average molecular weight is 680 g/mol. The molecule has 14 heteroatoms. The Labute approximate surface area is 284 Å². The molecular formula is C35H42FN5O8. The molecule has 4 rings (SSSR count). The molecule has 1 N–H and O–H groups in total. The highest BCUT2D eigenvalue weighted by atomic mass is 19.1. The number of benzene rings is 1. The number of nitrogens with one attached hydrogen (secondary N) is 1. The first kappa shape index (κ1) is 36.9. The molecule has 13 nitrogen and oxygen atoms in total. The van der Waals surface area contributed by atoms with Gasteiger partial charge in [0.25, 0.3) is 0 Å². The van der Waals surface area contributed by atoms with E-state index in [1.165, 1.54) is 17.8 Å². The maximum absolute atomic E-state index is 14.9.